The Morgan fingerprint density at radius 1 is 1.38 bits per heavy atom. The number of hydrogen-bond donors (Lipinski definition) is 2. The molecule has 1 aliphatic carbocycles. The van der Waals surface area contributed by atoms with Gasteiger partial charge in [0.15, 0.2) is 0 Å². The van der Waals surface area contributed by atoms with E-state index in [1.165, 1.54) is 5.56 Å². The first kappa shape index (κ1) is 14.7. The van der Waals surface area contributed by atoms with Crippen LogP contribution in [0.15, 0.2) is 12.1 Å². The van der Waals surface area contributed by atoms with Gasteiger partial charge in [-0.1, -0.05) is 0 Å². The number of hydrogen-bond acceptors (Lipinski definition) is 4. The van der Waals surface area contributed by atoms with Gasteiger partial charge in [0, 0.05) is 30.1 Å². The Hall–Kier alpha value is -1.26. The van der Waals surface area contributed by atoms with E-state index in [9.17, 15) is 5.11 Å². The second kappa shape index (κ2) is 6.24. The summed E-state index contributed by atoms with van der Waals surface area (Å²) >= 11 is 0. The summed E-state index contributed by atoms with van der Waals surface area (Å²) in [5.74, 6) is 1.92. The molecule has 3 atom stereocenters. The van der Waals surface area contributed by atoms with Crippen LogP contribution < -0.4 is 14.8 Å². The summed E-state index contributed by atoms with van der Waals surface area (Å²) in [5.41, 5.74) is 2.36. The minimum absolute atomic E-state index is 0.151. The van der Waals surface area contributed by atoms with E-state index >= 15 is 0 Å². The first-order valence-corrected chi connectivity index (χ1v) is 7.93. The third-order valence-electron chi connectivity index (χ3n) is 4.53. The molecule has 0 saturated heterocycles. The van der Waals surface area contributed by atoms with E-state index in [1.807, 2.05) is 0 Å². The van der Waals surface area contributed by atoms with Crippen molar-refractivity contribution in [3.05, 3.63) is 23.3 Å². The fraction of sp³-hybridized carbons (Fsp3) is 0.647. The second-order valence-electron chi connectivity index (χ2n) is 6.30. The van der Waals surface area contributed by atoms with Gasteiger partial charge in [-0.05, 0) is 44.7 Å². The molecule has 1 saturated carbocycles. The number of aliphatic hydroxyl groups is 1. The first-order valence-electron chi connectivity index (χ1n) is 7.93. The Bertz CT molecular complexity index is 503. The third kappa shape index (κ3) is 3.33. The maximum Gasteiger partial charge on any atom is 0.123 e. The number of ether oxygens (including phenoxy) is 2. The van der Waals surface area contributed by atoms with Gasteiger partial charge in [-0.15, -0.1) is 0 Å². The number of nitrogens with one attached hydrogen (secondary N) is 1. The van der Waals surface area contributed by atoms with Gasteiger partial charge in [0.1, 0.15) is 17.6 Å². The predicted molar refractivity (Wildman–Crippen MR) is 81.9 cm³/mol. The average Bonchev–Trinajstić information content (AvgIpc) is 2.83. The van der Waals surface area contributed by atoms with Gasteiger partial charge in [0.2, 0.25) is 0 Å². The van der Waals surface area contributed by atoms with E-state index in [1.54, 1.807) is 7.11 Å². The lowest BCUT2D eigenvalue weighted by molar-refractivity contribution is 0.111. The van der Waals surface area contributed by atoms with Crippen molar-refractivity contribution in [1.29, 1.82) is 0 Å². The number of benzene rings is 1. The van der Waals surface area contributed by atoms with Crippen molar-refractivity contribution >= 4 is 0 Å². The van der Waals surface area contributed by atoms with Crippen LogP contribution in [0.4, 0.5) is 0 Å². The van der Waals surface area contributed by atoms with E-state index in [0.717, 1.165) is 55.7 Å². The molecule has 4 heteroatoms. The van der Waals surface area contributed by atoms with Crippen molar-refractivity contribution in [3.63, 3.8) is 0 Å². The van der Waals surface area contributed by atoms with Gasteiger partial charge in [-0.3, -0.25) is 0 Å². The normalized spacial score (nSPS) is 28.0. The minimum atomic E-state index is -0.151. The van der Waals surface area contributed by atoms with Crippen molar-refractivity contribution in [1.82, 2.24) is 5.32 Å². The highest BCUT2D eigenvalue weighted by atomic mass is 16.5. The van der Waals surface area contributed by atoms with Crippen molar-refractivity contribution in [3.8, 4) is 11.5 Å². The highest BCUT2D eigenvalue weighted by Gasteiger charge is 2.23. The number of methoxy groups -OCH3 is 1. The number of rotatable bonds is 4. The standard InChI is InChI=1S/C17H25NO3/c1-11-6-12-7-16(20-2)13(8-17(12)21-11)10-18-14-4-3-5-15(19)9-14/h7-8,11,14-15,18-19H,3-6,9-10H2,1-2H3. The fourth-order valence-corrected chi connectivity index (χ4v) is 3.41. The zero-order valence-corrected chi connectivity index (χ0v) is 12.9. The Balaban J connectivity index is 1.68. The molecule has 21 heavy (non-hydrogen) atoms. The Morgan fingerprint density at radius 2 is 2.24 bits per heavy atom. The number of fused-ring (bicyclic) bond motifs is 1. The molecule has 1 aromatic rings. The Kier molecular flexibility index (Phi) is 4.36. The van der Waals surface area contributed by atoms with Crippen LogP contribution in [0.5, 0.6) is 11.5 Å². The van der Waals surface area contributed by atoms with Crippen LogP contribution in [0.1, 0.15) is 43.7 Å². The van der Waals surface area contributed by atoms with E-state index in [-0.39, 0.29) is 12.2 Å². The lowest BCUT2D eigenvalue weighted by Gasteiger charge is -2.27. The number of aliphatic hydroxyl groups excluding tert-OH is 1. The second-order valence-corrected chi connectivity index (χ2v) is 6.30. The van der Waals surface area contributed by atoms with E-state index in [0.29, 0.717) is 6.04 Å². The van der Waals surface area contributed by atoms with Crippen LogP contribution in [0.25, 0.3) is 0 Å². The maximum atomic E-state index is 9.75. The molecule has 0 amide bonds. The maximum absolute atomic E-state index is 9.75. The molecule has 0 aromatic heterocycles. The summed E-state index contributed by atoms with van der Waals surface area (Å²) in [4.78, 5) is 0. The molecule has 2 N–H and O–H groups in total. The molecule has 3 unspecified atom stereocenters. The summed E-state index contributed by atoms with van der Waals surface area (Å²) < 4.78 is 11.4. The predicted octanol–water partition coefficient (Wildman–Crippen LogP) is 2.41. The third-order valence-corrected chi connectivity index (χ3v) is 4.53. The summed E-state index contributed by atoms with van der Waals surface area (Å²) in [6, 6.07) is 4.60. The topological polar surface area (TPSA) is 50.7 Å². The molecule has 0 radical (unpaired) electrons. The molecule has 1 aliphatic heterocycles. The van der Waals surface area contributed by atoms with Crippen molar-refractivity contribution in [2.75, 3.05) is 7.11 Å². The molecule has 0 bridgehead atoms. The van der Waals surface area contributed by atoms with E-state index < -0.39 is 0 Å². The molecule has 1 fully saturated rings. The van der Waals surface area contributed by atoms with Gasteiger partial charge in [0.25, 0.3) is 0 Å². The minimum Gasteiger partial charge on any atom is -0.496 e. The average molecular weight is 291 g/mol. The van der Waals surface area contributed by atoms with Crippen molar-refractivity contribution in [2.24, 2.45) is 0 Å². The van der Waals surface area contributed by atoms with Crippen molar-refractivity contribution < 1.29 is 14.6 Å². The smallest absolute Gasteiger partial charge is 0.123 e. The van der Waals surface area contributed by atoms with Crippen LogP contribution >= 0.6 is 0 Å². The highest BCUT2D eigenvalue weighted by molar-refractivity contribution is 5.48. The summed E-state index contributed by atoms with van der Waals surface area (Å²) in [5, 5.41) is 13.3. The van der Waals surface area contributed by atoms with Crippen LogP contribution in [-0.4, -0.2) is 30.5 Å². The summed E-state index contributed by atoms with van der Waals surface area (Å²) in [7, 11) is 1.72. The van der Waals surface area contributed by atoms with E-state index in [2.05, 4.69) is 24.4 Å². The Labute approximate surface area is 126 Å². The van der Waals surface area contributed by atoms with Gasteiger partial charge in [-0.2, -0.15) is 0 Å². The first-order chi connectivity index (χ1) is 10.2. The Morgan fingerprint density at radius 3 is 3.00 bits per heavy atom. The molecule has 116 valence electrons. The van der Waals surface area contributed by atoms with Gasteiger partial charge >= 0.3 is 0 Å². The molecule has 1 heterocycles. The monoisotopic (exact) mass is 291 g/mol. The molecule has 4 nitrogen and oxygen atoms in total. The lowest BCUT2D eigenvalue weighted by Crippen LogP contribution is -2.35. The molecule has 0 spiro atoms. The zero-order chi connectivity index (χ0) is 14.8. The molecule has 2 aliphatic rings. The fourth-order valence-electron chi connectivity index (χ4n) is 3.41. The van der Waals surface area contributed by atoms with Crippen LogP contribution in [0.3, 0.4) is 0 Å². The van der Waals surface area contributed by atoms with Crippen molar-refractivity contribution in [2.45, 2.75) is 63.8 Å². The molecular weight excluding hydrogens is 266 g/mol. The van der Waals surface area contributed by atoms with Gasteiger partial charge < -0.3 is 19.9 Å². The SMILES string of the molecule is COc1cc2c(cc1CNC1CCCC(O)C1)OC(C)C2. The molecule has 1 aromatic carbocycles. The highest BCUT2D eigenvalue weighted by Crippen LogP contribution is 2.35. The van der Waals surface area contributed by atoms with Crippen LogP contribution in [0, 0.1) is 0 Å². The van der Waals surface area contributed by atoms with Gasteiger partial charge in [0.05, 0.1) is 13.2 Å². The largest absolute Gasteiger partial charge is 0.496 e. The summed E-state index contributed by atoms with van der Waals surface area (Å²) in [6.45, 7) is 2.85. The quantitative estimate of drug-likeness (QED) is 0.894. The molecular formula is C17H25NO3. The zero-order valence-electron chi connectivity index (χ0n) is 12.9. The van der Waals surface area contributed by atoms with Gasteiger partial charge in [-0.25, -0.2) is 0 Å². The van der Waals surface area contributed by atoms with E-state index in [4.69, 9.17) is 9.47 Å². The lowest BCUT2D eigenvalue weighted by atomic mass is 9.93. The van der Waals surface area contributed by atoms with Crippen LogP contribution in [0.2, 0.25) is 0 Å². The summed E-state index contributed by atoms with van der Waals surface area (Å²) in [6.07, 6.45) is 5.07. The molecule has 3 rings (SSSR count). The van der Waals surface area contributed by atoms with Crippen LogP contribution in [-0.2, 0) is 13.0 Å².